The fourth-order valence-electron chi connectivity index (χ4n) is 5.46. The van der Waals surface area contributed by atoms with Gasteiger partial charge < -0.3 is 14.2 Å². The standard InChI is InChI=1S/C35H31BN2O2S/c1-34(2)35(3,4)40-36(39-34)25-18-16-24(17-19-25)30-21-28(22-31-29-14-8-9-15-32(29)41-33(30)31)38(26-11-6-5-7-12-26)27-13-10-20-37-23-27/h5-23H,1-4H3. The van der Waals surface area contributed by atoms with Crippen molar-refractivity contribution in [3.05, 3.63) is 116 Å². The first-order valence-electron chi connectivity index (χ1n) is 14.0. The number of benzene rings is 4. The molecule has 7 rings (SSSR count). The number of hydrogen-bond donors (Lipinski definition) is 0. The van der Waals surface area contributed by atoms with Gasteiger partial charge in [-0.25, -0.2) is 0 Å². The van der Waals surface area contributed by atoms with E-state index in [2.05, 4.69) is 129 Å². The van der Waals surface area contributed by atoms with E-state index in [9.17, 15) is 0 Å². The lowest BCUT2D eigenvalue weighted by Gasteiger charge is -2.32. The summed E-state index contributed by atoms with van der Waals surface area (Å²) in [5.74, 6) is 0. The van der Waals surface area contributed by atoms with Gasteiger partial charge in [0.05, 0.1) is 23.1 Å². The summed E-state index contributed by atoms with van der Waals surface area (Å²) >= 11 is 1.84. The highest BCUT2D eigenvalue weighted by atomic mass is 32.1. The first-order valence-corrected chi connectivity index (χ1v) is 14.8. The minimum atomic E-state index is -0.385. The Hall–Kier alpha value is -3.97. The zero-order chi connectivity index (χ0) is 28.2. The van der Waals surface area contributed by atoms with Gasteiger partial charge in [-0.05, 0) is 81.2 Å². The second-order valence-corrected chi connectivity index (χ2v) is 12.6. The van der Waals surface area contributed by atoms with Gasteiger partial charge >= 0.3 is 7.12 Å². The molecule has 4 aromatic carbocycles. The lowest BCUT2D eigenvalue weighted by Crippen LogP contribution is -2.41. The van der Waals surface area contributed by atoms with E-state index in [1.54, 1.807) is 0 Å². The molecule has 4 nitrogen and oxygen atoms in total. The van der Waals surface area contributed by atoms with Gasteiger partial charge in [0, 0.05) is 43.3 Å². The van der Waals surface area contributed by atoms with Crippen LogP contribution in [0, 0.1) is 0 Å². The van der Waals surface area contributed by atoms with E-state index in [0.717, 1.165) is 28.1 Å². The summed E-state index contributed by atoms with van der Waals surface area (Å²) in [5, 5.41) is 2.52. The number of anilines is 3. The number of thiophene rings is 1. The Kier molecular flexibility index (Phi) is 6.23. The van der Waals surface area contributed by atoms with E-state index in [1.807, 2.05) is 35.9 Å². The van der Waals surface area contributed by atoms with Crippen molar-refractivity contribution in [2.75, 3.05) is 4.90 Å². The fourth-order valence-corrected chi connectivity index (χ4v) is 6.68. The number of rotatable bonds is 5. The number of fused-ring (bicyclic) bond motifs is 3. The average molecular weight is 555 g/mol. The molecule has 6 aromatic rings. The zero-order valence-electron chi connectivity index (χ0n) is 23.7. The van der Waals surface area contributed by atoms with Crippen LogP contribution >= 0.6 is 11.3 Å². The highest BCUT2D eigenvalue weighted by Gasteiger charge is 2.51. The van der Waals surface area contributed by atoms with Gasteiger partial charge in [0.2, 0.25) is 0 Å². The number of nitrogens with zero attached hydrogens (tertiary/aromatic N) is 2. The Bertz CT molecular complexity index is 1800. The second-order valence-electron chi connectivity index (χ2n) is 11.6. The molecular formula is C35H31BN2O2S. The van der Waals surface area contributed by atoms with Gasteiger partial charge in [0.15, 0.2) is 0 Å². The molecule has 2 aromatic heterocycles. The summed E-state index contributed by atoms with van der Waals surface area (Å²) in [6, 6.07) is 36.5. The molecular weight excluding hydrogens is 523 g/mol. The SMILES string of the molecule is CC1(C)OB(c2ccc(-c3cc(N(c4ccccc4)c4cccnc4)cc4c3sc3ccccc34)cc2)OC1(C)C. The van der Waals surface area contributed by atoms with Crippen LogP contribution in [0.15, 0.2) is 116 Å². The largest absolute Gasteiger partial charge is 0.494 e. The maximum atomic E-state index is 6.32. The Morgan fingerprint density at radius 2 is 1.37 bits per heavy atom. The predicted octanol–water partition coefficient (Wildman–Crippen LogP) is 8.89. The molecule has 3 heterocycles. The van der Waals surface area contributed by atoms with E-state index in [4.69, 9.17) is 9.31 Å². The molecule has 1 fully saturated rings. The minimum Gasteiger partial charge on any atom is -0.399 e. The van der Waals surface area contributed by atoms with E-state index >= 15 is 0 Å². The van der Waals surface area contributed by atoms with Crippen LogP contribution in [0.5, 0.6) is 0 Å². The van der Waals surface area contributed by atoms with E-state index in [-0.39, 0.29) is 18.3 Å². The van der Waals surface area contributed by atoms with Crippen molar-refractivity contribution in [2.45, 2.75) is 38.9 Å². The van der Waals surface area contributed by atoms with Crippen molar-refractivity contribution in [1.82, 2.24) is 4.98 Å². The Balaban J connectivity index is 1.40. The summed E-state index contributed by atoms with van der Waals surface area (Å²) in [7, 11) is -0.385. The number of hydrogen-bond acceptors (Lipinski definition) is 5. The lowest BCUT2D eigenvalue weighted by molar-refractivity contribution is 0.00578. The molecule has 1 aliphatic heterocycles. The molecule has 6 heteroatoms. The molecule has 1 aliphatic rings. The molecule has 41 heavy (non-hydrogen) atoms. The smallest absolute Gasteiger partial charge is 0.399 e. The third-order valence-corrected chi connectivity index (χ3v) is 9.61. The van der Waals surface area contributed by atoms with Crippen molar-refractivity contribution >= 4 is 61.2 Å². The van der Waals surface area contributed by atoms with Crippen molar-refractivity contribution in [1.29, 1.82) is 0 Å². The molecule has 0 bridgehead atoms. The second kappa shape index (κ2) is 9.84. The number of pyridine rings is 1. The Labute approximate surface area is 245 Å². The van der Waals surface area contributed by atoms with Crippen LogP contribution < -0.4 is 10.4 Å². The van der Waals surface area contributed by atoms with Crippen LogP contribution in [-0.4, -0.2) is 23.3 Å². The first kappa shape index (κ1) is 26.0. The molecule has 0 radical (unpaired) electrons. The van der Waals surface area contributed by atoms with Crippen LogP contribution in [-0.2, 0) is 9.31 Å². The quantitative estimate of drug-likeness (QED) is 0.199. The normalized spacial score (nSPS) is 16.0. The minimum absolute atomic E-state index is 0.374. The van der Waals surface area contributed by atoms with Crippen molar-refractivity contribution in [3.63, 3.8) is 0 Å². The average Bonchev–Trinajstić information content (AvgIpc) is 3.46. The van der Waals surface area contributed by atoms with Crippen LogP contribution in [0.25, 0.3) is 31.3 Å². The predicted molar refractivity (Wildman–Crippen MR) is 173 cm³/mol. The summed E-state index contributed by atoms with van der Waals surface area (Å²) in [5.41, 5.74) is 5.82. The molecule has 0 saturated carbocycles. The Morgan fingerprint density at radius 1 is 0.683 bits per heavy atom. The van der Waals surface area contributed by atoms with Gasteiger partial charge in [-0.2, -0.15) is 0 Å². The summed E-state index contributed by atoms with van der Waals surface area (Å²) in [4.78, 5) is 6.72. The van der Waals surface area contributed by atoms with Crippen molar-refractivity contribution in [2.24, 2.45) is 0 Å². The molecule has 0 spiro atoms. The van der Waals surface area contributed by atoms with Crippen LogP contribution in [0.2, 0.25) is 0 Å². The van der Waals surface area contributed by atoms with Crippen LogP contribution in [0.3, 0.4) is 0 Å². The fraction of sp³-hybridized carbons (Fsp3) is 0.171. The highest BCUT2D eigenvalue weighted by molar-refractivity contribution is 7.26. The monoisotopic (exact) mass is 554 g/mol. The molecule has 202 valence electrons. The molecule has 1 saturated heterocycles. The lowest BCUT2D eigenvalue weighted by atomic mass is 9.78. The summed E-state index contributed by atoms with van der Waals surface area (Å²) in [6.45, 7) is 8.36. The number of aromatic nitrogens is 1. The zero-order valence-corrected chi connectivity index (χ0v) is 24.5. The maximum absolute atomic E-state index is 6.32. The maximum Gasteiger partial charge on any atom is 0.494 e. The van der Waals surface area contributed by atoms with Crippen molar-refractivity contribution in [3.8, 4) is 11.1 Å². The first-order chi connectivity index (χ1) is 19.8. The van der Waals surface area contributed by atoms with E-state index in [1.165, 1.54) is 25.7 Å². The van der Waals surface area contributed by atoms with E-state index < -0.39 is 0 Å². The van der Waals surface area contributed by atoms with Gasteiger partial charge in [0.1, 0.15) is 0 Å². The molecule has 0 N–H and O–H groups in total. The van der Waals surface area contributed by atoms with Crippen molar-refractivity contribution < 1.29 is 9.31 Å². The molecule has 0 aliphatic carbocycles. The third-order valence-electron chi connectivity index (χ3n) is 8.39. The van der Waals surface area contributed by atoms with Crippen LogP contribution in [0.4, 0.5) is 17.1 Å². The number of para-hydroxylation sites is 1. The van der Waals surface area contributed by atoms with Gasteiger partial charge in [0.25, 0.3) is 0 Å². The van der Waals surface area contributed by atoms with E-state index in [0.29, 0.717) is 0 Å². The van der Waals surface area contributed by atoms with Gasteiger partial charge in [-0.3, -0.25) is 4.98 Å². The summed E-state index contributed by atoms with van der Waals surface area (Å²) in [6.07, 6.45) is 3.73. The summed E-state index contributed by atoms with van der Waals surface area (Å²) < 4.78 is 15.2. The highest BCUT2D eigenvalue weighted by Crippen LogP contribution is 2.45. The molecule has 0 atom stereocenters. The Morgan fingerprint density at radius 3 is 2.07 bits per heavy atom. The molecule has 0 unspecified atom stereocenters. The molecule has 0 amide bonds. The third kappa shape index (κ3) is 4.53. The topological polar surface area (TPSA) is 34.6 Å². The van der Waals surface area contributed by atoms with Gasteiger partial charge in [-0.1, -0.05) is 60.7 Å². The van der Waals surface area contributed by atoms with Gasteiger partial charge in [-0.15, -0.1) is 11.3 Å². The van der Waals surface area contributed by atoms with Crippen LogP contribution in [0.1, 0.15) is 27.7 Å².